The zero-order valence-corrected chi connectivity index (χ0v) is 11.8. The van der Waals surface area contributed by atoms with Crippen LogP contribution in [-0.2, 0) is 5.60 Å². The van der Waals surface area contributed by atoms with Gasteiger partial charge >= 0.3 is 4.87 Å². The predicted octanol–water partition coefficient (Wildman–Crippen LogP) is 1.35. The number of aliphatic hydroxyl groups is 1. The number of aromatic nitrogens is 1. The summed E-state index contributed by atoms with van der Waals surface area (Å²) in [6.07, 6.45) is 0. The molecule has 1 heterocycles. The van der Waals surface area contributed by atoms with Gasteiger partial charge in [0.25, 0.3) is 5.91 Å². The third kappa shape index (κ3) is 3.53. The Hall–Kier alpha value is -2.06. The molecule has 2 aromatic rings. The summed E-state index contributed by atoms with van der Waals surface area (Å²) in [5.41, 5.74) is -1.80. The Balaban J connectivity index is 2.10. The summed E-state index contributed by atoms with van der Waals surface area (Å²) in [4.78, 5) is 24.6. The first kappa shape index (κ1) is 15.3. The van der Waals surface area contributed by atoms with Gasteiger partial charge in [0.15, 0.2) is 0 Å². The zero-order chi connectivity index (χ0) is 15.6. The van der Waals surface area contributed by atoms with E-state index >= 15 is 0 Å². The number of rotatable bonds is 4. The van der Waals surface area contributed by atoms with E-state index in [0.717, 1.165) is 23.5 Å². The third-order valence-corrected chi connectivity index (χ3v) is 3.54. The fourth-order valence-electron chi connectivity index (χ4n) is 1.76. The average Bonchev–Trinajstić information content (AvgIpc) is 2.82. The second kappa shape index (κ2) is 5.74. The molecule has 0 bridgehead atoms. The van der Waals surface area contributed by atoms with Gasteiger partial charge in [0.1, 0.15) is 22.9 Å². The number of nitrogens with one attached hydrogen (secondary N) is 2. The topological polar surface area (TPSA) is 82.2 Å². The Kier molecular flexibility index (Phi) is 4.19. The van der Waals surface area contributed by atoms with Gasteiger partial charge in [-0.15, -0.1) is 0 Å². The van der Waals surface area contributed by atoms with Crippen LogP contribution in [0.25, 0.3) is 0 Å². The van der Waals surface area contributed by atoms with E-state index in [1.807, 2.05) is 0 Å². The number of carbonyl (C=O) groups excluding carboxylic acids is 1. The summed E-state index contributed by atoms with van der Waals surface area (Å²) in [5, 5.41) is 13.9. The molecule has 1 amide bonds. The van der Waals surface area contributed by atoms with Crippen LogP contribution >= 0.6 is 11.3 Å². The van der Waals surface area contributed by atoms with Crippen LogP contribution in [0.1, 0.15) is 23.0 Å². The number of carbonyl (C=O) groups is 1. The molecular formula is C13H12F2N2O3S. The van der Waals surface area contributed by atoms with Gasteiger partial charge < -0.3 is 15.4 Å². The van der Waals surface area contributed by atoms with Crippen molar-refractivity contribution < 1.29 is 18.7 Å². The van der Waals surface area contributed by atoms with Gasteiger partial charge in [-0.25, -0.2) is 8.78 Å². The molecule has 0 aliphatic carbocycles. The van der Waals surface area contributed by atoms with Crippen LogP contribution in [0.2, 0.25) is 0 Å². The molecule has 1 aromatic heterocycles. The fraction of sp³-hybridized carbons (Fsp3) is 0.231. The summed E-state index contributed by atoms with van der Waals surface area (Å²) < 4.78 is 26.5. The minimum absolute atomic E-state index is 0.0559. The second-order valence-corrected chi connectivity index (χ2v) is 5.48. The molecule has 1 unspecified atom stereocenters. The molecular weight excluding hydrogens is 302 g/mol. The number of hydrogen-bond donors (Lipinski definition) is 3. The van der Waals surface area contributed by atoms with Crippen LogP contribution in [0.5, 0.6) is 0 Å². The van der Waals surface area contributed by atoms with Gasteiger partial charge in [0.2, 0.25) is 0 Å². The Morgan fingerprint density at radius 2 is 2.19 bits per heavy atom. The number of thiazole rings is 1. The van der Waals surface area contributed by atoms with Crippen molar-refractivity contribution in [2.45, 2.75) is 12.5 Å². The summed E-state index contributed by atoms with van der Waals surface area (Å²) in [6, 6.07) is 2.79. The summed E-state index contributed by atoms with van der Waals surface area (Å²) in [6.45, 7) is 0.992. The van der Waals surface area contributed by atoms with Crippen LogP contribution in [-0.4, -0.2) is 22.5 Å². The monoisotopic (exact) mass is 314 g/mol. The maximum absolute atomic E-state index is 13.6. The van der Waals surface area contributed by atoms with Crippen LogP contribution in [0.15, 0.2) is 28.4 Å². The van der Waals surface area contributed by atoms with Crippen LogP contribution < -0.4 is 10.2 Å². The number of benzene rings is 1. The van der Waals surface area contributed by atoms with E-state index in [4.69, 9.17) is 0 Å². The molecule has 0 radical (unpaired) electrons. The molecule has 0 fully saturated rings. The van der Waals surface area contributed by atoms with E-state index in [0.29, 0.717) is 6.07 Å². The molecule has 1 atom stereocenters. The Morgan fingerprint density at radius 3 is 2.76 bits per heavy atom. The maximum Gasteiger partial charge on any atom is 0.305 e. The predicted molar refractivity (Wildman–Crippen MR) is 73.2 cm³/mol. The van der Waals surface area contributed by atoms with Crippen molar-refractivity contribution in [3.05, 3.63) is 56.1 Å². The van der Waals surface area contributed by atoms with Gasteiger partial charge in [-0.1, -0.05) is 17.4 Å². The molecule has 21 heavy (non-hydrogen) atoms. The lowest BCUT2D eigenvalue weighted by atomic mass is 9.95. The Labute approximate surface area is 122 Å². The smallest absolute Gasteiger partial charge is 0.305 e. The fourth-order valence-corrected chi connectivity index (χ4v) is 2.32. The quantitative estimate of drug-likeness (QED) is 0.797. The first-order chi connectivity index (χ1) is 9.79. The van der Waals surface area contributed by atoms with Gasteiger partial charge in [0.05, 0.1) is 6.54 Å². The number of halogens is 2. The van der Waals surface area contributed by atoms with Crippen molar-refractivity contribution >= 4 is 17.2 Å². The minimum atomic E-state index is -1.72. The van der Waals surface area contributed by atoms with E-state index in [2.05, 4.69) is 10.3 Å². The van der Waals surface area contributed by atoms with E-state index in [-0.39, 0.29) is 22.7 Å². The summed E-state index contributed by atoms with van der Waals surface area (Å²) >= 11 is 0.830. The number of H-pyrrole nitrogens is 1. The lowest BCUT2D eigenvalue weighted by Crippen LogP contribution is -2.39. The highest BCUT2D eigenvalue weighted by molar-refractivity contribution is 7.07. The van der Waals surface area contributed by atoms with Gasteiger partial charge in [-0.2, -0.15) is 0 Å². The lowest BCUT2D eigenvalue weighted by molar-refractivity contribution is 0.0493. The van der Waals surface area contributed by atoms with Crippen molar-refractivity contribution in [2.24, 2.45) is 0 Å². The molecule has 1 aromatic carbocycles. The van der Waals surface area contributed by atoms with Gasteiger partial charge in [-0.3, -0.25) is 9.59 Å². The molecule has 0 saturated heterocycles. The summed E-state index contributed by atoms with van der Waals surface area (Å²) in [7, 11) is 0. The largest absolute Gasteiger partial charge is 0.383 e. The van der Waals surface area contributed by atoms with E-state index in [9.17, 15) is 23.5 Å². The van der Waals surface area contributed by atoms with Crippen molar-refractivity contribution in [1.29, 1.82) is 0 Å². The number of hydrogen-bond acceptors (Lipinski definition) is 4. The molecule has 3 N–H and O–H groups in total. The average molecular weight is 314 g/mol. The van der Waals surface area contributed by atoms with E-state index in [1.165, 1.54) is 12.3 Å². The zero-order valence-electron chi connectivity index (χ0n) is 10.9. The normalized spacial score (nSPS) is 13.7. The summed E-state index contributed by atoms with van der Waals surface area (Å²) in [5.74, 6) is -2.26. The van der Waals surface area contributed by atoms with Crippen molar-refractivity contribution in [2.75, 3.05) is 6.54 Å². The molecule has 112 valence electrons. The first-order valence-electron chi connectivity index (χ1n) is 5.93. The number of amides is 1. The van der Waals surface area contributed by atoms with Crippen LogP contribution in [0, 0.1) is 11.6 Å². The second-order valence-electron chi connectivity index (χ2n) is 4.64. The van der Waals surface area contributed by atoms with Gasteiger partial charge in [0, 0.05) is 17.0 Å². The van der Waals surface area contributed by atoms with Crippen molar-refractivity contribution in [3.8, 4) is 0 Å². The highest BCUT2D eigenvalue weighted by Crippen LogP contribution is 2.23. The van der Waals surface area contributed by atoms with E-state index < -0.39 is 23.1 Å². The third-order valence-electron chi connectivity index (χ3n) is 2.87. The van der Waals surface area contributed by atoms with Crippen molar-refractivity contribution in [1.82, 2.24) is 10.3 Å². The highest BCUT2D eigenvalue weighted by Gasteiger charge is 2.27. The van der Waals surface area contributed by atoms with Crippen LogP contribution in [0.4, 0.5) is 8.78 Å². The molecule has 5 nitrogen and oxygen atoms in total. The molecule has 2 rings (SSSR count). The first-order valence-corrected chi connectivity index (χ1v) is 6.81. The standard InChI is InChI=1S/C13H12F2N2O3S/c1-13(20,8-3-2-7(14)4-9(8)15)6-16-11(18)10-5-21-12(19)17-10/h2-5,20H,6H2,1H3,(H,16,18)(H,17,19). The highest BCUT2D eigenvalue weighted by atomic mass is 32.1. The van der Waals surface area contributed by atoms with Gasteiger partial charge in [-0.05, 0) is 13.0 Å². The SMILES string of the molecule is CC(O)(CNC(=O)c1csc(=O)[nH]1)c1ccc(F)cc1F. The Bertz CT molecular complexity index is 724. The minimum Gasteiger partial charge on any atom is -0.383 e. The van der Waals surface area contributed by atoms with Crippen molar-refractivity contribution in [3.63, 3.8) is 0 Å². The molecule has 0 spiro atoms. The molecule has 0 saturated carbocycles. The molecule has 0 aliphatic heterocycles. The van der Waals surface area contributed by atoms with Crippen LogP contribution in [0.3, 0.4) is 0 Å². The Morgan fingerprint density at radius 1 is 1.48 bits per heavy atom. The molecule has 8 heteroatoms. The maximum atomic E-state index is 13.6. The lowest BCUT2D eigenvalue weighted by Gasteiger charge is -2.24. The van der Waals surface area contributed by atoms with E-state index in [1.54, 1.807) is 0 Å². The number of aromatic amines is 1. The molecule has 0 aliphatic rings.